The second-order valence-corrected chi connectivity index (χ2v) is 5.17. The molecule has 0 radical (unpaired) electrons. The third-order valence-corrected chi connectivity index (χ3v) is 3.73. The highest BCUT2D eigenvalue weighted by molar-refractivity contribution is 5.96. The van der Waals surface area contributed by atoms with Gasteiger partial charge in [0, 0.05) is 28.2 Å². The largest absolute Gasteiger partial charge is 0.476 e. The van der Waals surface area contributed by atoms with E-state index in [1.54, 1.807) is 0 Å². The number of aromatic carboxylic acids is 1. The molecule has 0 aliphatic rings. The van der Waals surface area contributed by atoms with Crippen LogP contribution in [0.3, 0.4) is 0 Å². The van der Waals surface area contributed by atoms with Gasteiger partial charge in [-0.1, -0.05) is 30.3 Å². The van der Waals surface area contributed by atoms with Gasteiger partial charge in [-0.3, -0.25) is 0 Å². The minimum atomic E-state index is -1.10. The fourth-order valence-electron chi connectivity index (χ4n) is 2.63. The number of hydrogen-bond donors (Lipinski definition) is 2. The van der Waals surface area contributed by atoms with Crippen LogP contribution in [0.5, 0.6) is 0 Å². The van der Waals surface area contributed by atoms with Gasteiger partial charge in [0.05, 0.1) is 0 Å². The average molecular weight is 304 g/mol. The number of aromatic amines is 1. The predicted octanol–water partition coefficient (Wildman–Crippen LogP) is 4.19. The summed E-state index contributed by atoms with van der Waals surface area (Å²) in [4.78, 5) is 18.2. The number of nitrogens with one attached hydrogen (secondary N) is 1. The molecule has 2 N–H and O–H groups in total. The minimum absolute atomic E-state index is 0.0995. The number of carbonyl (C=O) groups is 1. The van der Waals surface area contributed by atoms with Crippen molar-refractivity contribution in [3.05, 3.63) is 66.7 Å². The van der Waals surface area contributed by atoms with Gasteiger partial charge in [0.2, 0.25) is 5.89 Å². The summed E-state index contributed by atoms with van der Waals surface area (Å²) in [5, 5.41) is 10.1. The first-order chi connectivity index (χ1) is 11.2. The molecular formula is C18H12N2O3. The second-order valence-electron chi connectivity index (χ2n) is 5.17. The first kappa shape index (κ1) is 13.3. The van der Waals surface area contributed by atoms with Crippen molar-refractivity contribution in [1.29, 1.82) is 0 Å². The maximum atomic E-state index is 10.9. The molecule has 4 rings (SSSR count). The third-order valence-electron chi connectivity index (χ3n) is 3.73. The topological polar surface area (TPSA) is 79.1 Å². The van der Waals surface area contributed by atoms with E-state index in [4.69, 9.17) is 9.52 Å². The lowest BCUT2D eigenvalue weighted by atomic mass is 10.0. The normalized spacial score (nSPS) is 11.0. The van der Waals surface area contributed by atoms with Crippen molar-refractivity contribution in [2.24, 2.45) is 0 Å². The van der Waals surface area contributed by atoms with E-state index in [0.717, 1.165) is 33.9 Å². The van der Waals surface area contributed by atoms with Crippen molar-refractivity contribution in [2.45, 2.75) is 0 Å². The Hall–Kier alpha value is -3.34. The summed E-state index contributed by atoms with van der Waals surface area (Å²) in [6, 6.07) is 15.7. The Labute approximate surface area is 131 Å². The molecule has 2 aromatic heterocycles. The Morgan fingerprint density at radius 2 is 1.91 bits per heavy atom. The highest BCUT2D eigenvalue weighted by atomic mass is 16.4. The second kappa shape index (κ2) is 5.14. The van der Waals surface area contributed by atoms with Crippen LogP contribution in [0, 0.1) is 0 Å². The molecule has 0 atom stereocenters. The molecule has 0 bridgehead atoms. The van der Waals surface area contributed by atoms with E-state index < -0.39 is 5.97 Å². The molecule has 23 heavy (non-hydrogen) atoms. The van der Waals surface area contributed by atoms with Gasteiger partial charge in [-0.25, -0.2) is 9.78 Å². The molecule has 0 aliphatic carbocycles. The van der Waals surface area contributed by atoms with Crippen LogP contribution in [0.1, 0.15) is 10.5 Å². The fraction of sp³-hybridized carbons (Fsp3) is 0. The molecule has 0 spiro atoms. The number of carboxylic acids is 1. The summed E-state index contributed by atoms with van der Waals surface area (Å²) in [5.41, 5.74) is 3.79. The van der Waals surface area contributed by atoms with Crippen LogP contribution in [0.15, 0.2) is 65.4 Å². The number of nitrogens with zero attached hydrogens (tertiary/aromatic N) is 1. The van der Waals surface area contributed by atoms with Crippen molar-refractivity contribution in [1.82, 2.24) is 9.97 Å². The quantitative estimate of drug-likeness (QED) is 0.595. The van der Waals surface area contributed by atoms with Gasteiger partial charge in [0.15, 0.2) is 5.69 Å². The highest BCUT2D eigenvalue weighted by Crippen LogP contribution is 2.31. The van der Waals surface area contributed by atoms with E-state index in [0.29, 0.717) is 5.89 Å². The maximum absolute atomic E-state index is 10.9. The molecule has 0 saturated heterocycles. The molecule has 4 aromatic rings. The summed E-state index contributed by atoms with van der Waals surface area (Å²) in [6.45, 7) is 0. The number of benzene rings is 2. The zero-order valence-electron chi connectivity index (χ0n) is 12.0. The van der Waals surface area contributed by atoms with Crippen molar-refractivity contribution in [3.8, 4) is 22.6 Å². The van der Waals surface area contributed by atoms with Crippen molar-refractivity contribution >= 4 is 16.9 Å². The van der Waals surface area contributed by atoms with Crippen LogP contribution < -0.4 is 0 Å². The monoisotopic (exact) mass is 304 g/mol. The molecule has 2 heterocycles. The molecule has 0 fully saturated rings. The molecule has 5 heteroatoms. The van der Waals surface area contributed by atoms with E-state index in [-0.39, 0.29) is 5.69 Å². The molecule has 0 unspecified atom stereocenters. The van der Waals surface area contributed by atoms with E-state index in [1.807, 2.05) is 48.7 Å². The van der Waals surface area contributed by atoms with Crippen molar-refractivity contribution in [2.75, 3.05) is 0 Å². The number of aromatic nitrogens is 2. The molecule has 0 amide bonds. The van der Waals surface area contributed by atoms with E-state index in [1.165, 1.54) is 0 Å². The Kier molecular flexibility index (Phi) is 2.98. The minimum Gasteiger partial charge on any atom is -0.476 e. The molecule has 5 nitrogen and oxygen atoms in total. The Morgan fingerprint density at radius 1 is 1.09 bits per heavy atom. The summed E-state index contributed by atoms with van der Waals surface area (Å²) < 4.78 is 5.27. The molecule has 112 valence electrons. The van der Waals surface area contributed by atoms with E-state index in [2.05, 4.69) is 16.0 Å². The SMILES string of the molecule is O=C(O)c1coc(-c2cccc(-c3c[nH]c4ccccc34)c2)n1. The van der Waals surface area contributed by atoms with Crippen LogP contribution >= 0.6 is 0 Å². The van der Waals surface area contributed by atoms with Crippen LogP contribution in [0.25, 0.3) is 33.5 Å². The van der Waals surface area contributed by atoms with Crippen LogP contribution in [-0.2, 0) is 0 Å². The Bertz CT molecular complexity index is 1010. The van der Waals surface area contributed by atoms with Gasteiger partial charge in [-0.15, -0.1) is 0 Å². The van der Waals surface area contributed by atoms with Crippen molar-refractivity contribution in [3.63, 3.8) is 0 Å². The van der Waals surface area contributed by atoms with Gasteiger partial charge in [0.25, 0.3) is 0 Å². The lowest BCUT2D eigenvalue weighted by Gasteiger charge is -2.02. The number of para-hydroxylation sites is 1. The third kappa shape index (κ3) is 2.28. The summed E-state index contributed by atoms with van der Waals surface area (Å²) >= 11 is 0. The molecular weight excluding hydrogens is 292 g/mol. The average Bonchev–Trinajstić information content (AvgIpc) is 3.22. The zero-order valence-corrected chi connectivity index (χ0v) is 12.0. The molecule has 0 saturated carbocycles. The number of hydrogen-bond acceptors (Lipinski definition) is 3. The smallest absolute Gasteiger partial charge is 0.357 e. The summed E-state index contributed by atoms with van der Waals surface area (Å²) in [7, 11) is 0. The number of fused-ring (bicyclic) bond motifs is 1. The first-order valence-electron chi connectivity index (χ1n) is 7.08. The number of H-pyrrole nitrogens is 1. The number of rotatable bonds is 3. The van der Waals surface area contributed by atoms with Gasteiger partial charge in [-0.2, -0.15) is 0 Å². The van der Waals surface area contributed by atoms with Gasteiger partial charge >= 0.3 is 5.97 Å². The molecule has 0 aliphatic heterocycles. The number of carboxylic acid groups (broad SMARTS) is 1. The summed E-state index contributed by atoms with van der Waals surface area (Å²) in [5.74, 6) is -0.808. The standard InChI is InChI=1S/C18H12N2O3/c21-18(22)16-10-23-17(20-16)12-5-3-4-11(8-12)14-9-19-15-7-2-1-6-13(14)15/h1-10,19H,(H,21,22). The fourth-order valence-corrected chi connectivity index (χ4v) is 2.63. The lowest BCUT2D eigenvalue weighted by Crippen LogP contribution is -1.95. The first-order valence-corrected chi connectivity index (χ1v) is 7.08. The van der Waals surface area contributed by atoms with E-state index in [9.17, 15) is 4.79 Å². The van der Waals surface area contributed by atoms with Crippen LogP contribution in [0.2, 0.25) is 0 Å². The summed E-state index contributed by atoms with van der Waals surface area (Å²) in [6.07, 6.45) is 3.11. The van der Waals surface area contributed by atoms with Gasteiger partial charge in [-0.05, 0) is 23.8 Å². The Morgan fingerprint density at radius 3 is 2.74 bits per heavy atom. The molecule has 2 aromatic carbocycles. The van der Waals surface area contributed by atoms with Gasteiger partial charge in [0.1, 0.15) is 6.26 Å². The lowest BCUT2D eigenvalue weighted by molar-refractivity contribution is 0.0690. The van der Waals surface area contributed by atoms with Crippen molar-refractivity contribution < 1.29 is 14.3 Å². The van der Waals surface area contributed by atoms with Gasteiger partial charge < -0.3 is 14.5 Å². The van der Waals surface area contributed by atoms with E-state index >= 15 is 0 Å². The highest BCUT2D eigenvalue weighted by Gasteiger charge is 2.13. The zero-order chi connectivity index (χ0) is 15.8. The maximum Gasteiger partial charge on any atom is 0.357 e. The number of oxazole rings is 1. The van der Waals surface area contributed by atoms with Crippen LogP contribution in [-0.4, -0.2) is 21.0 Å². The predicted molar refractivity (Wildman–Crippen MR) is 86.2 cm³/mol. The van der Waals surface area contributed by atoms with Crippen LogP contribution in [0.4, 0.5) is 0 Å². The Balaban J connectivity index is 1.80.